The molecular weight excluding hydrogens is 708 g/mol. The maximum Gasteiger partial charge on any atom is 0.326 e. The Morgan fingerprint density at radius 2 is 1.69 bits per heavy atom. The average molecular weight is 757 g/mol. The van der Waals surface area contributed by atoms with Crippen LogP contribution in [0.15, 0.2) is 67.0 Å². The van der Waals surface area contributed by atoms with Crippen molar-refractivity contribution in [1.29, 1.82) is 5.26 Å². The Morgan fingerprint density at radius 1 is 0.963 bits per heavy atom. The molecule has 3 aromatic carbocycles. The van der Waals surface area contributed by atoms with Crippen LogP contribution in [-0.4, -0.2) is 76.2 Å². The highest BCUT2D eigenvalue weighted by atomic mass is 35.5. The number of likely N-dealkylation sites (tertiary alicyclic amines) is 1. The molecule has 1 aliphatic rings. The predicted octanol–water partition coefficient (Wildman–Crippen LogP) is 6.45. The molecule has 0 aliphatic carbocycles. The number of benzene rings is 3. The zero-order valence-corrected chi connectivity index (χ0v) is 31.9. The average Bonchev–Trinajstić information content (AvgIpc) is 3.19. The van der Waals surface area contributed by atoms with E-state index in [2.05, 4.69) is 47.3 Å². The highest BCUT2D eigenvalue weighted by Gasteiger charge is 2.32. The number of hydrogen-bond donors (Lipinski definition) is 4. The number of aliphatic hydroxyl groups is 2. The quantitative estimate of drug-likeness (QED) is 0.0828. The van der Waals surface area contributed by atoms with Crippen LogP contribution in [0.25, 0.3) is 11.1 Å². The number of carboxylic acid groups (broad SMARTS) is 1. The van der Waals surface area contributed by atoms with Crippen molar-refractivity contribution in [2.45, 2.75) is 65.3 Å². The summed E-state index contributed by atoms with van der Waals surface area (Å²) >= 11 is 6.74. The molecule has 5 rings (SSSR count). The number of aliphatic carboxylic acids is 1. The molecule has 0 radical (unpaired) electrons. The summed E-state index contributed by atoms with van der Waals surface area (Å²) in [5.41, 5.74) is 5.26. The summed E-state index contributed by atoms with van der Waals surface area (Å²) in [7, 11) is 0. The molecule has 1 saturated heterocycles. The SMILES string of the molecule is Cc1c(COc2cc(OCc3cncc(C#N)c3)c(CNC(C)(CO)C(=O)O)cc2Cl)cccc1-c1cccc(OCCCN2CCC(CO)CC2)c1C. The largest absolute Gasteiger partial charge is 0.493 e. The Hall–Kier alpha value is -4.70. The molecule has 1 fully saturated rings. The molecule has 1 aromatic heterocycles. The molecule has 11 nitrogen and oxygen atoms in total. The van der Waals surface area contributed by atoms with Gasteiger partial charge in [-0.3, -0.25) is 15.1 Å². The second-order valence-corrected chi connectivity index (χ2v) is 14.4. The number of ether oxygens (including phenoxy) is 3. The maximum atomic E-state index is 11.8. The smallest absolute Gasteiger partial charge is 0.326 e. The molecule has 0 amide bonds. The number of piperidine rings is 1. The van der Waals surface area contributed by atoms with Crippen molar-refractivity contribution in [2.75, 3.05) is 39.5 Å². The zero-order valence-electron chi connectivity index (χ0n) is 31.1. The minimum absolute atomic E-state index is 0.0305. The number of aromatic nitrogens is 1. The minimum Gasteiger partial charge on any atom is -0.493 e. The first-order valence-corrected chi connectivity index (χ1v) is 18.6. The van der Waals surface area contributed by atoms with Crippen molar-refractivity contribution >= 4 is 17.6 Å². The number of pyridine rings is 1. The summed E-state index contributed by atoms with van der Waals surface area (Å²) in [6, 6.07) is 19.3. The van der Waals surface area contributed by atoms with E-state index in [9.17, 15) is 25.4 Å². The summed E-state index contributed by atoms with van der Waals surface area (Å²) in [4.78, 5) is 18.4. The van der Waals surface area contributed by atoms with Gasteiger partial charge in [-0.2, -0.15) is 5.26 Å². The molecule has 4 N–H and O–H groups in total. The zero-order chi connectivity index (χ0) is 38.7. The number of halogens is 1. The Labute approximate surface area is 322 Å². The molecule has 0 bridgehead atoms. The van der Waals surface area contributed by atoms with E-state index >= 15 is 0 Å². The van der Waals surface area contributed by atoms with Crippen LogP contribution < -0.4 is 19.5 Å². The molecule has 2 heterocycles. The Balaban J connectivity index is 1.29. The molecule has 1 atom stereocenters. The van der Waals surface area contributed by atoms with Gasteiger partial charge >= 0.3 is 5.97 Å². The maximum absolute atomic E-state index is 11.8. The molecule has 1 unspecified atom stereocenters. The van der Waals surface area contributed by atoms with Crippen molar-refractivity contribution in [1.82, 2.24) is 15.2 Å². The van der Waals surface area contributed by atoms with Crippen molar-refractivity contribution in [3.8, 4) is 34.4 Å². The fourth-order valence-electron chi connectivity index (χ4n) is 6.45. The molecule has 1 aliphatic heterocycles. The molecule has 4 aromatic rings. The van der Waals surface area contributed by atoms with Crippen LogP contribution in [-0.2, 0) is 24.6 Å². The first-order chi connectivity index (χ1) is 26.0. The molecule has 12 heteroatoms. The van der Waals surface area contributed by atoms with E-state index < -0.39 is 18.1 Å². The fraction of sp³-hybridized carbons (Fsp3) is 0.405. The summed E-state index contributed by atoms with van der Waals surface area (Å²) in [6.45, 7) is 9.19. The van der Waals surface area contributed by atoms with Crippen molar-refractivity contribution in [2.24, 2.45) is 5.92 Å². The number of rotatable bonds is 18. The third-order valence-corrected chi connectivity index (χ3v) is 10.4. The Morgan fingerprint density at radius 3 is 2.39 bits per heavy atom. The number of carboxylic acids is 1. The van der Waals surface area contributed by atoms with E-state index in [0.29, 0.717) is 45.7 Å². The van der Waals surface area contributed by atoms with E-state index in [0.717, 1.165) is 72.5 Å². The van der Waals surface area contributed by atoms with Crippen molar-refractivity contribution in [3.05, 3.63) is 105 Å². The molecule has 54 heavy (non-hydrogen) atoms. The highest BCUT2D eigenvalue weighted by molar-refractivity contribution is 6.32. The van der Waals surface area contributed by atoms with Gasteiger partial charge in [0, 0.05) is 49.3 Å². The predicted molar refractivity (Wildman–Crippen MR) is 207 cm³/mol. The third kappa shape index (κ3) is 10.3. The number of hydrogen-bond acceptors (Lipinski definition) is 10. The van der Waals surface area contributed by atoms with Gasteiger partial charge in [-0.05, 0) is 105 Å². The Kier molecular flexibility index (Phi) is 14.3. The fourth-order valence-corrected chi connectivity index (χ4v) is 6.69. The topological polar surface area (TPSA) is 157 Å². The standard InChI is InChI=1S/C42H49ClN4O7/c1-28-33(7-4-8-35(28)36-9-5-10-38(29(36)2)52-16-6-13-47-14-11-30(24-48)12-15-47)26-54-40-19-39(53-25-32-17-31(20-44)21-45-22-32)34(18-37(40)43)23-46-42(3,27-49)41(50)51/h4-5,7-10,17-19,21-22,30,46,48-49H,6,11-16,23-27H2,1-3H3,(H,50,51). The lowest BCUT2D eigenvalue weighted by Crippen LogP contribution is -2.52. The number of nitrogens with zero attached hydrogens (tertiary/aromatic N) is 3. The third-order valence-electron chi connectivity index (χ3n) is 10.1. The molecule has 286 valence electrons. The summed E-state index contributed by atoms with van der Waals surface area (Å²) in [5.74, 6) is 0.853. The van der Waals surface area contributed by atoms with Crippen LogP contribution in [0.1, 0.15) is 59.6 Å². The summed E-state index contributed by atoms with van der Waals surface area (Å²) in [6.07, 6.45) is 6.10. The van der Waals surface area contributed by atoms with Crippen LogP contribution in [0.5, 0.6) is 17.2 Å². The van der Waals surface area contributed by atoms with E-state index in [1.165, 1.54) is 13.1 Å². The first kappa shape index (κ1) is 40.5. The number of nitrogens with one attached hydrogen (secondary N) is 1. The van der Waals surface area contributed by atoms with Crippen LogP contribution >= 0.6 is 11.6 Å². The minimum atomic E-state index is -1.59. The molecular formula is C42H49ClN4O7. The lowest BCUT2D eigenvalue weighted by Gasteiger charge is -2.30. The summed E-state index contributed by atoms with van der Waals surface area (Å²) in [5, 5.41) is 41.3. The van der Waals surface area contributed by atoms with Gasteiger partial charge < -0.3 is 34.4 Å². The number of carbonyl (C=O) groups is 1. The van der Waals surface area contributed by atoms with Gasteiger partial charge in [0.25, 0.3) is 0 Å². The van der Waals surface area contributed by atoms with Crippen molar-refractivity contribution < 1.29 is 34.3 Å². The lowest BCUT2D eigenvalue weighted by atomic mass is 9.93. The van der Waals surface area contributed by atoms with Crippen molar-refractivity contribution in [3.63, 3.8) is 0 Å². The van der Waals surface area contributed by atoms with Crippen LogP contribution in [0.2, 0.25) is 5.02 Å². The first-order valence-electron chi connectivity index (χ1n) is 18.2. The molecule has 0 spiro atoms. The summed E-state index contributed by atoms with van der Waals surface area (Å²) < 4.78 is 18.7. The second-order valence-electron chi connectivity index (χ2n) is 14.0. The number of nitriles is 1. The van der Waals surface area contributed by atoms with E-state index in [1.54, 1.807) is 24.4 Å². The second kappa shape index (κ2) is 19.1. The monoisotopic (exact) mass is 756 g/mol. The number of aliphatic hydroxyl groups excluding tert-OH is 2. The lowest BCUT2D eigenvalue weighted by molar-refractivity contribution is -0.145. The van der Waals surface area contributed by atoms with Crippen LogP contribution in [0.4, 0.5) is 0 Å². The van der Waals surface area contributed by atoms with Gasteiger partial charge in [-0.25, -0.2) is 0 Å². The van der Waals surface area contributed by atoms with Gasteiger partial charge in [-0.15, -0.1) is 0 Å². The molecule has 0 saturated carbocycles. The van der Waals surface area contributed by atoms with E-state index in [1.807, 2.05) is 24.3 Å². The van der Waals surface area contributed by atoms with Gasteiger partial charge in [0.05, 0.1) is 23.8 Å². The van der Waals surface area contributed by atoms with E-state index in [-0.39, 0.29) is 26.4 Å². The van der Waals surface area contributed by atoms with E-state index in [4.69, 9.17) is 25.8 Å². The normalized spacial score (nSPS) is 14.6. The van der Waals surface area contributed by atoms with Crippen LogP contribution in [0.3, 0.4) is 0 Å². The van der Waals surface area contributed by atoms with Gasteiger partial charge in [0.2, 0.25) is 0 Å². The van der Waals surface area contributed by atoms with Gasteiger partial charge in [-0.1, -0.05) is 41.9 Å². The van der Waals surface area contributed by atoms with Crippen LogP contribution in [0, 0.1) is 31.1 Å². The Bertz CT molecular complexity index is 1940. The van der Waals surface area contributed by atoms with Gasteiger partial charge in [0.1, 0.15) is 42.1 Å². The van der Waals surface area contributed by atoms with Gasteiger partial charge in [0.15, 0.2) is 0 Å². The highest BCUT2D eigenvalue weighted by Crippen LogP contribution is 2.36.